The van der Waals surface area contributed by atoms with Gasteiger partial charge in [-0.05, 0) is 19.4 Å². The Morgan fingerprint density at radius 2 is 2.31 bits per heavy atom. The van der Waals surface area contributed by atoms with Gasteiger partial charge in [-0.3, -0.25) is 4.79 Å². The van der Waals surface area contributed by atoms with Crippen molar-refractivity contribution < 1.29 is 19.4 Å². The topological polar surface area (TPSA) is 67.8 Å². The molecule has 5 heteroatoms. The fourth-order valence-electron chi connectivity index (χ4n) is 2.29. The quantitative estimate of drug-likeness (QED) is 0.744. The lowest BCUT2D eigenvalue weighted by atomic mass is 10.0. The van der Waals surface area contributed by atoms with E-state index >= 15 is 0 Å². The van der Waals surface area contributed by atoms with Crippen LogP contribution in [0, 0.1) is 0 Å². The number of carboxylic acids is 1. The number of carboxylic acid groups (broad SMARTS) is 1. The minimum atomic E-state index is -0.829. The van der Waals surface area contributed by atoms with E-state index in [9.17, 15) is 4.79 Å². The summed E-state index contributed by atoms with van der Waals surface area (Å²) in [5, 5.41) is 12.1. The molecule has 92 valence electrons. The second-order valence-electron chi connectivity index (χ2n) is 4.50. The van der Waals surface area contributed by atoms with Crippen molar-refractivity contribution >= 4 is 5.97 Å². The zero-order chi connectivity index (χ0) is 11.4. The SMILES string of the molecule is O=C(O)CC1COC(CC2CCCCN2)O1. The van der Waals surface area contributed by atoms with Crippen LogP contribution in [0.15, 0.2) is 0 Å². The smallest absolute Gasteiger partial charge is 0.306 e. The molecule has 2 aliphatic heterocycles. The molecule has 0 saturated carbocycles. The molecule has 2 fully saturated rings. The Kier molecular flexibility index (Phi) is 4.15. The molecule has 3 atom stereocenters. The minimum Gasteiger partial charge on any atom is -0.481 e. The normalized spacial score (nSPS) is 35.1. The van der Waals surface area contributed by atoms with E-state index in [0.717, 1.165) is 19.4 Å². The predicted octanol–water partition coefficient (Wildman–Crippen LogP) is 0.735. The molecule has 0 aromatic heterocycles. The maximum atomic E-state index is 10.5. The van der Waals surface area contributed by atoms with Crippen LogP contribution in [0.2, 0.25) is 0 Å². The fourth-order valence-corrected chi connectivity index (χ4v) is 2.29. The number of rotatable bonds is 4. The third-order valence-corrected chi connectivity index (χ3v) is 3.10. The second-order valence-corrected chi connectivity index (χ2v) is 4.50. The summed E-state index contributed by atoms with van der Waals surface area (Å²) in [7, 11) is 0. The van der Waals surface area contributed by atoms with Crippen molar-refractivity contribution in [2.75, 3.05) is 13.2 Å². The highest BCUT2D eigenvalue weighted by Gasteiger charge is 2.30. The van der Waals surface area contributed by atoms with Crippen LogP contribution in [0.3, 0.4) is 0 Å². The summed E-state index contributed by atoms with van der Waals surface area (Å²) in [5.41, 5.74) is 0. The second kappa shape index (κ2) is 5.61. The van der Waals surface area contributed by atoms with Crippen LogP contribution in [0.1, 0.15) is 32.1 Å². The summed E-state index contributed by atoms with van der Waals surface area (Å²) in [6.45, 7) is 1.47. The first-order valence-corrected chi connectivity index (χ1v) is 5.96. The van der Waals surface area contributed by atoms with Crippen LogP contribution in [0.25, 0.3) is 0 Å². The highest BCUT2D eigenvalue weighted by Crippen LogP contribution is 2.21. The number of hydrogen-bond acceptors (Lipinski definition) is 4. The Bertz CT molecular complexity index is 240. The minimum absolute atomic E-state index is 0.0363. The summed E-state index contributed by atoms with van der Waals surface area (Å²) < 4.78 is 11.0. The highest BCUT2D eigenvalue weighted by atomic mass is 16.7. The van der Waals surface area contributed by atoms with Gasteiger partial charge in [-0.25, -0.2) is 0 Å². The molecule has 2 saturated heterocycles. The van der Waals surface area contributed by atoms with Gasteiger partial charge in [0.25, 0.3) is 0 Å². The molecular formula is C11H19NO4. The molecule has 16 heavy (non-hydrogen) atoms. The Morgan fingerprint density at radius 1 is 1.44 bits per heavy atom. The van der Waals surface area contributed by atoms with Gasteiger partial charge in [0, 0.05) is 12.5 Å². The van der Waals surface area contributed by atoms with Crippen molar-refractivity contribution in [3.63, 3.8) is 0 Å². The summed E-state index contributed by atoms with van der Waals surface area (Å²) in [6.07, 6.45) is 4.02. The first-order chi connectivity index (χ1) is 7.74. The maximum absolute atomic E-state index is 10.5. The van der Waals surface area contributed by atoms with E-state index in [0.29, 0.717) is 12.6 Å². The molecule has 0 radical (unpaired) electrons. The molecule has 0 aromatic carbocycles. The lowest BCUT2D eigenvalue weighted by Crippen LogP contribution is -2.37. The van der Waals surface area contributed by atoms with E-state index < -0.39 is 5.97 Å². The molecule has 3 unspecified atom stereocenters. The molecule has 0 spiro atoms. The lowest BCUT2D eigenvalue weighted by Gasteiger charge is -2.25. The molecule has 2 N–H and O–H groups in total. The first-order valence-electron chi connectivity index (χ1n) is 5.96. The largest absolute Gasteiger partial charge is 0.481 e. The Balaban J connectivity index is 1.69. The fraction of sp³-hybridized carbons (Fsp3) is 0.909. The van der Waals surface area contributed by atoms with Gasteiger partial charge in [0.1, 0.15) is 0 Å². The van der Waals surface area contributed by atoms with E-state index in [4.69, 9.17) is 14.6 Å². The molecule has 0 aliphatic carbocycles. The lowest BCUT2D eigenvalue weighted by molar-refractivity contribution is -0.140. The van der Waals surface area contributed by atoms with Gasteiger partial charge in [0.15, 0.2) is 6.29 Å². The molecule has 2 rings (SSSR count). The summed E-state index contributed by atoms with van der Waals surface area (Å²) in [5.74, 6) is -0.829. The van der Waals surface area contributed by atoms with Gasteiger partial charge in [-0.2, -0.15) is 0 Å². The summed E-state index contributed by atoms with van der Waals surface area (Å²) in [6, 6.07) is 0.460. The standard InChI is InChI=1S/C11H19NO4/c13-10(14)6-9-7-15-11(16-9)5-8-3-1-2-4-12-8/h8-9,11-12H,1-7H2,(H,13,14). The average Bonchev–Trinajstić information content (AvgIpc) is 2.66. The van der Waals surface area contributed by atoms with Gasteiger partial charge >= 0.3 is 5.97 Å². The molecule has 2 heterocycles. The highest BCUT2D eigenvalue weighted by molar-refractivity contribution is 5.67. The molecule has 2 aliphatic rings. The van der Waals surface area contributed by atoms with Crippen molar-refractivity contribution in [1.82, 2.24) is 5.32 Å². The van der Waals surface area contributed by atoms with Gasteiger partial charge in [-0.1, -0.05) is 6.42 Å². The average molecular weight is 229 g/mol. The van der Waals surface area contributed by atoms with Crippen molar-refractivity contribution in [1.29, 1.82) is 0 Å². The monoisotopic (exact) mass is 229 g/mol. The molecular weight excluding hydrogens is 210 g/mol. The van der Waals surface area contributed by atoms with Gasteiger partial charge < -0.3 is 19.9 Å². The molecule has 0 aromatic rings. The maximum Gasteiger partial charge on any atom is 0.306 e. The molecule has 5 nitrogen and oxygen atoms in total. The zero-order valence-corrected chi connectivity index (χ0v) is 9.35. The Labute approximate surface area is 95.1 Å². The van der Waals surface area contributed by atoms with Crippen LogP contribution in [0.4, 0.5) is 0 Å². The van der Waals surface area contributed by atoms with Crippen LogP contribution >= 0.6 is 0 Å². The number of hydrogen-bond donors (Lipinski definition) is 2. The molecule has 0 amide bonds. The first kappa shape index (κ1) is 11.8. The van der Waals surface area contributed by atoms with Crippen molar-refractivity contribution in [3.8, 4) is 0 Å². The van der Waals surface area contributed by atoms with Crippen LogP contribution in [0.5, 0.6) is 0 Å². The Hall–Kier alpha value is -0.650. The van der Waals surface area contributed by atoms with Crippen LogP contribution in [-0.2, 0) is 14.3 Å². The van der Waals surface area contributed by atoms with E-state index in [1.165, 1.54) is 12.8 Å². The zero-order valence-electron chi connectivity index (χ0n) is 9.35. The number of nitrogens with one attached hydrogen (secondary N) is 1. The third-order valence-electron chi connectivity index (χ3n) is 3.10. The summed E-state index contributed by atoms with van der Waals surface area (Å²) in [4.78, 5) is 10.5. The van der Waals surface area contributed by atoms with Crippen molar-refractivity contribution in [3.05, 3.63) is 0 Å². The Morgan fingerprint density at radius 3 is 3.00 bits per heavy atom. The van der Waals surface area contributed by atoms with Gasteiger partial charge in [0.2, 0.25) is 0 Å². The van der Waals surface area contributed by atoms with Crippen molar-refractivity contribution in [2.45, 2.75) is 50.5 Å². The van der Waals surface area contributed by atoms with Gasteiger partial charge in [-0.15, -0.1) is 0 Å². The number of ether oxygens (including phenoxy) is 2. The molecule has 0 bridgehead atoms. The predicted molar refractivity (Wildman–Crippen MR) is 57.1 cm³/mol. The summed E-state index contributed by atoms with van der Waals surface area (Å²) >= 11 is 0. The van der Waals surface area contributed by atoms with E-state index in [2.05, 4.69) is 5.32 Å². The van der Waals surface area contributed by atoms with Gasteiger partial charge in [0.05, 0.1) is 19.1 Å². The van der Waals surface area contributed by atoms with Crippen molar-refractivity contribution in [2.24, 2.45) is 0 Å². The number of piperidine rings is 1. The van der Waals surface area contributed by atoms with E-state index in [-0.39, 0.29) is 18.8 Å². The van der Waals surface area contributed by atoms with E-state index in [1.54, 1.807) is 0 Å². The van der Waals surface area contributed by atoms with Crippen LogP contribution in [-0.4, -0.2) is 42.7 Å². The van der Waals surface area contributed by atoms with Crippen LogP contribution < -0.4 is 5.32 Å². The number of aliphatic carboxylic acids is 1. The third kappa shape index (κ3) is 3.43. The van der Waals surface area contributed by atoms with E-state index in [1.807, 2.05) is 0 Å². The number of carbonyl (C=O) groups is 1.